The van der Waals surface area contributed by atoms with Gasteiger partial charge in [-0.3, -0.25) is 9.59 Å². The predicted molar refractivity (Wildman–Crippen MR) is 123 cm³/mol. The molecule has 1 N–H and O–H groups in total. The summed E-state index contributed by atoms with van der Waals surface area (Å²) < 4.78 is 69.0. The summed E-state index contributed by atoms with van der Waals surface area (Å²) in [5.41, 5.74) is -1.22. The van der Waals surface area contributed by atoms with Gasteiger partial charge in [-0.1, -0.05) is 0 Å². The Labute approximate surface area is 208 Å². The Balaban J connectivity index is 1.39. The van der Waals surface area contributed by atoms with Crippen molar-refractivity contribution in [1.29, 1.82) is 0 Å². The zero-order valence-corrected chi connectivity index (χ0v) is 20.1. The fourth-order valence-electron chi connectivity index (χ4n) is 4.59. The van der Waals surface area contributed by atoms with E-state index in [-0.39, 0.29) is 41.7 Å². The van der Waals surface area contributed by atoms with Crippen molar-refractivity contribution >= 4 is 5.91 Å². The minimum absolute atomic E-state index is 0.0281. The number of aryl methyl sites for hydroxylation is 1. The van der Waals surface area contributed by atoms with Crippen molar-refractivity contribution in [2.75, 3.05) is 6.54 Å². The Morgan fingerprint density at radius 1 is 1.08 bits per heavy atom. The Kier molecular flexibility index (Phi) is 7.22. The van der Waals surface area contributed by atoms with Gasteiger partial charge in [0.2, 0.25) is 0 Å². The monoisotopic (exact) mass is 524 g/mol. The summed E-state index contributed by atoms with van der Waals surface area (Å²) >= 11 is 0. The fourth-order valence-corrected chi connectivity index (χ4v) is 4.59. The van der Waals surface area contributed by atoms with Crippen molar-refractivity contribution in [3.63, 3.8) is 0 Å². The zero-order valence-electron chi connectivity index (χ0n) is 20.1. The first kappa shape index (κ1) is 26.5. The van der Waals surface area contributed by atoms with Crippen LogP contribution in [0.2, 0.25) is 0 Å². The average Bonchev–Trinajstić information content (AvgIpc) is 3.24. The fraction of sp³-hybridized carbons (Fsp3) is 0.400. The molecule has 2 unspecified atom stereocenters. The van der Waals surface area contributed by atoms with E-state index >= 15 is 0 Å². The highest BCUT2D eigenvalue weighted by Gasteiger charge is 2.38. The molecular formula is C25H25F5N4O3. The largest absolute Gasteiger partial charge is 0.422 e. The van der Waals surface area contributed by atoms with E-state index < -0.39 is 29.5 Å². The lowest BCUT2D eigenvalue weighted by Gasteiger charge is -2.34. The molecule has 0 radical (unpaired) electrons. The molecule has 0 bridgehead atoms. The van der Waals surface area contributed by atoms with Crippen LogP contribution in [-0.4, -0.2) is 42.6 Å². The minimum atomic E-state index is -5.18. The molecule has 0 saturated heterocycles. The van der Waals surface area contributed by atoms with Crippen LogP contribution in [0.1, 0.15) is 59.6 Å². The van der Waals surface area contributed by atoms with Crippen LogP contribution in [0.4, 0.5) is 22.0 Å². The highest BCUT2D eigenvalue weighted by molar-refractivity contribution is 5.93. The summed E-state index contributed by atoms with van der Waals surface area (Å²) in [4.78, 5) is 31.8. The van der Waals surface area contributed by atoms with Crippen LogP contribution in [-0.2, 0) is 12.7 Å². The molecular weight excluding hydrogens is 499 g/mol. The number of alkyl halides is 3. The molecule has 0 spiro atoms. The highest BCUT2D eigenvalue weighted by atomic mass is 19.4. The first-order valence-electron chi connectivity index (χ1n) is 11.7. The Morgan fingerprint density at radius 3 is 2.35 bits per heavy atom. The third-order valence-corrected chi connectivity index (χ3v) is 6.55. The van der Waals surface area contributed by atoms with Crippen molar-refractivity contribution in [1.82, 2.24) is 19.0 Å². The first-order chi connectivity index (χ1) is 17.4. The molecule has 198 valence electrons. The second-order valence-electron chi connectivity index (χ2n) is 9.13. The number of benzene rings is 1. The van der Waals surface area contributed by atoms with E-state index in [2.05, 4.69) is 4.98 Å². The molecule has 37 heavy (non-hydrogen) atoms. The number of hydrogen-bond donors (Lipinski definition) is 1. The zero-order chi connectivity index (χ0) is 27.1. The number of fused-ring (bicyclic) bond motifs is 1. The molecule has 3 aromatic rings. The van der Waals surface area contributed by atoms with Crippen LogP contribution in [0.25, 0.3) is 5.69 Å². The number of halogens is 5. The number of rotatable bonds is 7. The SMILES string of the molecule is Cc1cn(-c2ccc3n(c2=O)CCN(C(C)CCCC(O)c2cc(F)c(C(F)(F)F)c(F)c2)C3=O)cn1. The number of carbonyl (C=O) groups excluding carboxylic acids is 1. The summed E-state index contributed by atoms with van der Waals surface area (Å²) in [6, 6.07) is 3.86. The molecule has 1 aliphatic heterocycles. The van der Waals surface area contributed by atoms with Gasteiger partial charge in [0.05, 0.1) is 18.1 Å². The van der Waals surface area contributed by atoms with Crippen LogP contribution < -0.4 is 5.56 Å². The van der Waals surface area contributed by atoms with E-state index in [1.165, 1.54) is 10.9 Å². The molecule has 4 rings (SSSR count). The van der Waals surface area contributed by atoms with Crippen LogP contribution >= 0.6 is 0 Å². The number of aliphatic hydroxyl groups is 1. The number of hydrogen-bond acceptors (Lipinski definition) is 4. The summed E-state index contributed by atoms with van der Waals surface area (Å²) in [6.45, 7) is 4.18. The third kappa shape index (κ3) is 5.29. The minimum Gasteiger partial charge on any atom is -0.388 e. The van der Waals surface area contributed by atoms with Gasteiger partial charge in [-0.2, -0.15) is 13.2 Å². The molecule has 0 fully saturated rings. The van der Waals surface area contributed by atoms with E-state index in [0.717, 1.165) is 5.69 Å². The molecule has 0 saturated carbocycles. The van der Waals surface area contributed by atoms with Gasteiger partial charge in [-0.05, 0) is 62.9 Å². The number of amides is 1. The van der Waals surface area contributed by atoms with Gasteiger partial charge in [0, 0.05) is 25.3 Å². The van der Waals surface area contributed by atoms with Crippen molar-refractivity contribution in [3.8, 4) is 5.69 Å². The third-order valence-electron chi connectivity index (χ3n) is 6.55. The van der Waals surface area contributed by atoms with Crippen LogP contribution in [0.5, 0.6) is 0 Å². The lowest BCUT2D eigenvalue weighted by Crippen LogP contribution is -2.48. The lowest BCUT2D eigenvalue weighted by atomic mass is 9.99. The van der Waals surface area contributed by atoms with Gasteiger partial charge >= 0.3 is 6.18 Å². The van der Waals surface area contributed by atoms with Gasteiger partial charge in [0.1, 0.15) is 28.6 Å². The van der Waals surface area contributed by atoms with Crippen molar-refractivity contribution < 1.29 is 31.9 Å². The highest BCUT2D eigenvalue weighted by Crippen LogP contribution is 2.35. The van der Waals surface area contributed by atoms with E-state index in [9.17, 15) is 36.6 Å². The predicted octanol–water partition coefficient (Wildman–Crippen LogP) is 4.39. The summed E-state index contributed by atoms with van der Waals surface area (Å²) in [5.74, 6) is -3.89. The molecule has 1 amide bonds. The summed E-state index contributed by atoms with van der Waals surface area (Å²) in [5, 5.41) is 10.3. The number of carbonyl (C=O) groups is 1. The first-order valence-corrected chi connectivity index (χ1v) is 11.7. The van der Waals surface area contributed by atoms with Gasteiger partial charge in [0.25, 0.3) is 11.5 Å². The van der Waals surface area contributed by atoms with E-state index in [1.807, 2.05) is 0 Å². The van der Waals surface area contributed by atoms with Gasteiger partial charge < -0.3 is 19.1 Å². The lowest BCUT2D eigenvalue weighted by molar-refractivity contribution is -0.142. The quantitative estimate of drug-likeness (QED) is 0.465. The second kappa shape index (κ2) is 10.1. The second-order valence-corrected chi connectivity index (χ2v) is 9.13. The molecule has 2 atom stereocenters. The van der Waals surface area contributed by atoms with E-state index in [1.54, 1.807) is 41.6 Å². The topological polar surface area (TPSA) is 80.4 Å². The standard InChI is InChI=1S/C25H25F5N4O3/c1-14-12-32(13-31-14)19-6-7-20-24(37)33(8-9-34(20)23(19)36)15(2)4-3-5-21(35)16-10-17(26)22(18(27)11-16)25(28,29)30/h6-7,10-13,15,21,35H,3-5,8-9H2,1-2H3. The Bertz CT molecular complexity index is 1360. The number of aromatic nitrogens is 3. The molecule has 1 aromatic carbocycles. The number of nitrogens with zero attached hydrogens (tertiary/aromatic N) is 4. The molecule has 2 aromatic heterocycles. The normalized spacial score (nSPS) is 15.6. The van der Waals surface area contributed by atoms with Crippen molar-refractivity contribution in [2.24, 2.45) is 0 Å². The van der Waals surface area contributed by atoms with Gasteiger partial charge in [-0.15, -0.1) is 0 Å². The smallest absolute Gasteiger partial charge is 0.388 e. The van der Waals surface area contributed by atoms with E-state index in [4.69, 9.17) is 0 Å². The summed E-state index contributed by atoms with van der Waals surface area (Å²) in [7, 11) is 0. The van der Waals surface area contributed by atoms with Crippen LogP contribution in [0.15, 0.2) is 41.6 Å². The van der Waals surface area contributed by atoms with Crippen molar-refractivity contribution in [2.45, 2.75) is 58.0 Å². The maximum absolute atomic E-state index is 13.8. The van der Waals surface area contributed by atoms with Crippen LogP contribution in [0.3, 0.4) is 0 Å². The number of imidazole rings is 1. The maximum Gasteiger partial charge on any atom is 0.422 e. The molecule has 1 aliphatic rings. The Hall–Kier alpha value is -3.54. The molecule has 3 heterocycles. The molecule has 12 heteroatoms. The maximum atomic E-state index is 13.8. The van der Waals surface area contributed by atoms with Gasteiger partial charge in [-0.25, -0.2) is 13.8 Å². The Morgan fingerprint density at radius 2 is 1.76 bits per heavy atom. The van der Waals surface area contributed by atoms with Crippen LogP contribution in [0, 0.1) is 18.6 Å². The van der Waals surface area contributed by atoms with Gasteiger partial charge in [0.15, 0.2) is 0 Å². The summed E-state index contributed by atoms with van der Waals surface area (Å²) in [6.07, 6.45) is -2.53. The van der Waals surface area contributed by atoms with Crippen molar-refractivity contribution in [3.05, 3.63) is 81.3 Å². The molecule has 0 aliphatic carbocycles. The number of pyridine rings is 1. The average molecular weight is 524 g/mol. The number of aliphatic hydroxyl groups excluding tert-OH is 1. The molecule has 7 nitrogen and oxygen atoms in total. The van der Waals surface area contributed by atoms with E-state index in [0.29, 0.717) is 37.2 Å².